The summed E-state index contributed by atoms with van der Waals surface area (Å²) in [6.07, 6.45) is 0. The van der Waals surface area contributed by atoms with Crippen LogP contribution in [0.5, 0.6) is 0 Å². The van der Waals surface area contributed by atoms with Gasteiger partial charge >= 0.3 is 0 Å². The largest absolute Gasteiger partial charge is 0.307 e. The lowest BCUT2D eigenvalue weighted by molar-refractivity contribution is 0.102. The number of nitrogens with zero attached hydrogens (tertiary/aromatic N) is 1. The van der Waals surface area contributed by atoms with E-state index in [0.29, 0.717) is 17.3 Å². The average Bonchev–Trinajstić information content (AvgIpc) is 2.37. The van der Waals surface area contributed by atoms with Gasteiger partial charge in [0.15, 0.2) is 0 Å². The van der Waals surface area contributed by atoms with Gasteiger partial charge in [-0.15, -0.1) is 11.6 Å². The van der Waals surface area contributed by atoms with Gasteiger partial charge in [0.2, 0.25) is 0 Å². The van der Waals surface area contributed by atoms with Crippen LogP contribution in [0.25, 0.3) is 0 Å². The maximum Gasteiger partial charge on any atom is 0.256 e. The Bertz CT molecular complexity index is 573. The van der Waals surface area contributed by atoms with Crippen LogP contribution in [0.1, 0.15) is 27.2 Å². The summed E-state index contributed by atoms with van der Waals surface area (Å²) >= 11 is 5.71. The van der Waals surface area contributed by atoms with Gasteiger partial charge in [-0.2, -0.15) is 0 Å². The number of carbonyl (C=O) groups is 1. The highest BCUT2D eigenvalue weighted by Gasteiger charge is 2.07. The van der Waals surface area contributed by atoms with E-state index in [1.807, 2.05) is 38.1 Å². The van der Waals surface area contributed by atoms with Crippen LogP contribution >= 0.6 is 11.6 Å². The van der Waals surface area contributed by atoms with Crippen LogP contribution in [-0.4, -0.2) is 10.9 Å². The number of pyridine rings is 1. The molecule has 4 heteroatoms. The Morgan fingerprint density at radius 2 is 1.89 bits per heavy atom. The van der Waals surface area contributed by atoms with Crippen molar-refractivity contribution in [2.75, 3.05) is 5.32 Å². The lowest BCUT2D eigenvalue weighted by Crippen LogP contribution is -2.13. The van der Waals surface area contributed by atoms with E-state index < -0.39 is 0 Å². The Hall–Kier alpha value is -1.87. The lowest BCUT2D eigenvalue weighted by atomic mass is 10.1. The van der Waals surface area contributed by atoms with Gasteiger partial charge in [-0.05, 0) is 49.2 Å². The zero-order valence-electron chi connectivity index (χ0n) is 10.9. The SMILES string of the molecule is Cc1cc(C)nc(NC(=O)c2ccc(CCl)cc2)c1. The Morgan fingerprint density at radius 3 is 2.47 bits per heavy atom. The number of anilines is 1. The molecule has 0 aliphatic carbocycles. The Labute approximate surface area is 117 Å². The van der Waals surface area contributed by atoms with Crippen LogP contribution in [0, 0.1) is 13.8 Å². The first-order valence-corrected chi connectivity index (χ1v) is 6.53. The van der Waals surface area contributed by atoms with Crippen molar-refractivity contribution in [3.05, 3.63) is 58.8 Å². The van der Waals surface area contributed by atoms with Crippen LogP contribution in [0.4, 0.5) is 5.82 Å². The predicted molar refractivity (Wildman–Crippen MR) is 77.7 cm³/mol. The zero-order chi connectivity index (χ0) is 13.8. The maximum absolute atomic E-state index is 12.1. The number of carbonyl (C=O) groups excluding carboxylic acids is 1. The van der Waals surface area contributed by atoms with Crippen molar-refractivity contribution in [2.24, 2.45) is 0 Å². The molecule has 1 heterocycles. The summed E-state index contributed by atoms with van der Waals surface area (Å²) in [5.41, 5.74) is 3.53. The first-order valence-electron chi connectivity index (χ1n) is 6.00. The molecule has 0 spiro atoms. The van der Waals surface area contributed by atoms with Gasteiger partial charge in [0.05, 0.1) is 0 Å². The third kappa shape index (κ3) is 3.55. The summed E-state index contributed by atoms with van der Waals surface area (Å²) in [5.74, 6) is 0.850. The minimum Gasteiger partial charge on any atom is -0.307 e. The van der Waals surface area contributed by atoms with Crippen molar-refractivity contribution < 1.29 is 4.79 Å². The number of benzene rings is 1. The van der Waals surface area contributed by atoms with E-state index in [1.54, 1.807) is 12.1 Å². The lowest BCUT2D eigenvalue weighted by Gasteiger charge is -2.07. The zero-order valence-corrected chi connectivity index (χ0v) is 11.7. The highest BCUT2D eigenvalue weighted by molar-refractivity contribution is 6.17. The van der Waals surface area contributed by atoms with Crippen molar-refractivity contribution in [3.8, 4) is 0 Å². The maximum atomic E-state index is 12.1. The van der Waals surface area contributed by atoms with E-state index in [2.05, 4.69) is 10.3 Å². The van der Waals surface area contributed by atoms with Gasteiger partial charge < -0.3 is 5.32 Å². The quantitative estimate of drug-likeness (QED) is 0.868. The predicted octanol–water partition coefficient (Wildman–Crippen LogP) is 3.69. The van der Waals surface area contributed by atoms with E-state index in [4.69, 9.17) is 11.6 Å². The highest BCUT2D eigenvalue weighted by Crippen LogP contribution is 2.12. The smallest absolute Gasteiger partial charge is 0.256 e. The number of alkyl halides is 1. The molecule has 0 aliphatic heterocycles. The van der Waals surface area contributed by atoms with Crippen molar-refractivity contribution in [3.63, 3.8) is 0 Å². The summed E-state index contributed by atoms with van der Waals surface area (Å²) in [5, 5.41) is 2.79. The monoisotopic (exact) mass is 274 g/mol. The first kappa shape index (κ1) is 13.6. The van der Waals surface area contributed by atoms with Gasteiger partial charge in [0, 0.05) is 17.1 Å². The number of rotatable bonds is 3. The van der Waals surface area contributed by atoms with Gasteiger partial charge in [-0.1, -0.05) is 12.1 Å². The molecule has 0 atom stereocenters. The van der Waals surface area contributed by atoms with Crippen molar-refractivity contribution in [1.29, 1.82) is 0 Å². The fourth-order valence-electron chi connectivity index (χ4n) is 1.84. The van der Waals surface area contributed by atoms with Crippen molar-refractivity contribution in [2.45, 2.75) is 19.7 Å². The third-order valence-electron chi connectivity index (χ3n) is 2.71. The molecule has 1 N–H and O–H groups in total. The highest BCUT2D eigenvalue weighted by atomic mass is 35.5. The topological polar surface area (TPSA) is 42.0 Å². The normalized spacial score (nSPS) is 10.3. The van der Waals surface area contributed by atoms with Gasteiger partial charge in [0.25, 0.3) is 5.91 Å². The van der Waals surface area contributed by atoms with E-state index in [9.17, 15) is 4.79 Å². The molecule has 0 saturated carbocycles. The van der Waals surface area contributed by atoms with Crippen LogP contribution in [0.2, 0.25) is 0 Å². The summed E-state index contributed by atoms with van der Waals surface area (Å²) < 4.78 is 0. The van der Waals surface area contributed by atoms with Crippen LogP contribution in [0.3, 0.4) is 0 Å². The average molecular weight is 275 g/mol. The van der Waals surface area contributed by atoms with Crippen molar-refractivity contribution in [1.82, 2.24) is 4.98 Å². The molecule has 1 amide bonds. The van der Waals surface area contributed by atoms with Crippen LogP contribution in [-0.2, 0) is 5.88 Å². The molecule has 19 heavy (non-hydrogen) atoms. The molecule has 0 bridgehead atoms. The Kier molecular flexibility index (Phi) is 4.17. The molecule has 1 aromatic heterocycles. The Morgan fingerprint density at radius 1 is 1.21 bits per heavy atom. The summed E-state index contributed by atoms with van der Waals surface area (Å²) in [6, 6.07) is 11.0. The van der Waals surface area contributed by atoms with E-state index in [0.717, 1.165) is 16.8 Å². The second-order valence-electron chi connectivity index (χ2n) is 4.46. The number of aromatic nitrogens is 1. The standard InChI is InChI=1S/C15H15ClN2O/c1-10-7-11(2)17-14(8-10)18-15(19)13-5-3-12(9-16)4-6-13/h3-8H,9H2,1-2H3,(H,17,18,19). The molecule has 0 radical (unpaired) electrons. The molecule has 0 unspecified atom stereocenters. The number of halogens is 1. The molecule has 98 valence electrons. The number of nitrogens with one attached hydrogen (secondary N) is 1. The van der Waals surface area contributed by atoms with Crippen molar-refractivity contribution >= 4 is 23.3 Å². The number of hydrogen-bond donors (Lipinski definition) is 1. The molecule has 3 nitrogen and oxygen atoms in total. The Balaban J connectivity index is 2.15. The minimum atomic E-state index is -0.168. The fraction of sp³-hybridized carbons (Fsp3) is 0.200. The number of aryl methyl sites for hydroxylation is 2. The fourth-order valence-corrected chi connectivity index (χ4v) is 2.02. The summed E-state index contributed by atoms with van der Waals surface area (Å²) in [4.78, 5) is 16.3. The summed E-state index contributed by atoms with van der Waals surface area (Å²) in [7, 11) is 0. The third-order valence-corrected chi connectivity index (χ3v) is 3.02. The molecule has 2 aromatic rings. The minimum absolute atomic E-state index is 0.168. The number of amides is 1. The molecule has 0 aliphatic rings. The second kappa shape index (κ2) is 5.85. The van der Waals surface area contributed by atoms with E-state index in [-0.39, 0.29) is 5.91 Å². The first-order chi connectivity index (χ1) is 9.08. The molecule has 0 saturated heterocycles. The van der Waals surface area contributed by atoms with Gasteiger partial charge in [0.1, 0.15) is 5.82 Å². The molecule has 0 fully saturated rings. The van der Waals surface area contributed by atoms with Gasteiger partial charge in [-0.3, -0.25) is 4.79 Å². The molecule has 1 aromatic carbocycles. The molecular weight excluding hydrogens is 260 g/mol. The van der Waals surface area contributed by atoms with Crippen LogP contribution in [0.15, 0.2) is 36.4 Å². The molecule has 2 rings (SSSR count). The number of hydrogen-bond acceptors (Lipinski definition) is 2. The summed E-state index contributed by atoms with van der Waals surface area (Å²) in [6.45, 7) is 3.87. The van der Waals surface area contributed by atoms with Crippen LogP contribution < -0.4 is 5.32 Å². The van der Waals surface area contributed by atoms with Gasteiger partial charge in [-0.25, -0.2) is 4.98 Å². The molecular formula is C15H15ClN2O. The second-order valence-corrected chi connectivity index (χ2v) is 4.72. The van der Waals surface area contributed by atoms with E-state index >= 15 is 0 Å². The van der Waals surface area contributed by atoms with E-state index in [1.165, 1.54) is 0 Å².